The SMILES string of the molecule is COC(=O)[C@@H]1CCCN1S(=O)(=O)c1ccc(C)c(COc2cccc3c(C)cc(C)nc23)c1C. The predicted molar refractivity (Wildman–Crippen MR) is 130 cm³/mol. The van der Waals surface area contributed by atoms with Gasteiger partial charge in [0.25, 0.3) is 0 Å². The fourth-order valence-electron chi connectivity index (χ4n) is 4.72. The molecule has 1 aromatic heterocycles. The Hall–Kier alpha value is -2.97. The van der Waals surface area contributed by atoms with Gasteiger partial charge in [0.15, 0.2) is 0 Å². The number of esters is 1. The highest BCUT2D eigenvalue weighted by molar-refractivity contribution is 7.89. The summed E-state index contributed by atoms with van der Waals surface area (Å²) in [7, 11) is -2.60. The summed E-state index contributed by atoms with van der Waals surface area (Å²) in [5.41, 5.74) is 5.18. The normalized spacial score (nSPS) is 16.7. The molecule has 1 fully saturated rings. The number of sulfonamides is 1. The number of aromatic nitrogens is 1. The third-order valence-electron chi connectivity index (χ3n) is 6.56. The second-order valence-electron chi connectivity index (χ2n) is 8.80. The first-order chi connectivity index (χ1) is 16.1. The second-order valence-corrected chi connectivity index (χ2v) is 10.7. The van der Waals surface area contributed by atoms with Gasteiger partial charge in [0.2, 0.25) is 10.0 Å². The largest absolute Gasteiger partial charge is 0.487 e. The van der Waals surface area contributed by atoms with Gasteiger partial charge in [0.05, 0.1) is 12.0 Å². The van der Waals surface area contributed by atoms with Crippen molar-refractivity contribution in [3.63, 3.8) is 0 Å². The van der Waals surface area contributed by atoms with Gasteiger partial charge < -0.3 is 9.47 Å². The molecule has 2 aromatic carbocycles. The molecule has 0 bridgehead atoms. The van der Waals surface area contributed by atoms with Crippen molar-refractivity contribution in [2.24, 2.45) is 0 Å². The minimum atomic E-state index is -3.88. The van der Waals surface area contributed by atoms with Crippen LogP contribution in [-0.2, 0) is 26.2 Å². The maximum absolute atomic E-state index is 13.5. The number of rotatable bonds is 6. The molecule has 180 valence electrons. The van der Waals surface area contributed by atoms with Crippen molar-refractivity contribution in [2.45, 2.75) is 58.1 Å². The highest BCUT2D eigenvalue weighted by Gasteiger charge is 2.40. The molecule has 8 heteroatoms. The van der Waals surface area contributed by atoms with Gasteiger partial charge in [-0.2, -0.15) is 4.31 Å². The lowest BCUT2D eigenvalue weighted by molar-refractivity contribution is -0.144. The van der Waals surface area contributed by atoms with E-state index in [0.717, 1.165) is 33.3 Å². The van der Waals surface area contributed by atoms with Crippen molar-refractivity contribution in [1.29, 1.82) is 0 Å². The second kappa shape index (κ2) is 9.35. The number of methoxy groups -OCH3 is 1. The number of para-hydroxylation sites is 1. The first kappa shape index (κ1) is 24.2. The lowest BCUT2D eigenvalue weighted by atomic mass is 10.0. The van der Waals surface area contributed by atoms with Gasteiger partial charge in [-0.15, -0.1) is 0 Å². The van der Waals surface area contributed by atoms with E-state index in [9.17, 15) is 13.2 Å². The molecule has 4 rings (SSSR count). The molecule has 0 amide bonds. The van der Waals surface area contributed by atoms with Gasteiger partial charge in [0.1, 0.15) is 23.9 Å². The molecule has 3 aromatic rings. The molecule has 1 aliphatic heterocycles. The first-order valence-electron chi connectivity index (χ1n) is 11.3. The van der Waals surface area contributed by atoms with Crippen LogP contribution >= 0.6 is 0 Å². The summed E-state index contributed by atoms with van der Waals surface area (Å²) in [6, 6.07) is 10.5. The molecule has 1 atom stereocenters. The lowest BCUT2D eigenvalue weighted by Gasteiger charge is -2.24. The van der Waals surface area contributed by atoms with Gasteiger partial charge in [-0.25, -0.2) is 13.4 Å². The Balaban J connectivity index is 1.68. The lowest BCUT2D eigenvalue weighted by Crippen LogP contribution is -2.41. The zero-order chi connectivity index (χ0) is 24.6. The summed E-state index contributed by atoms with van der Waals surface area (Å²) < 4.78 is 39.4. The Bertz CT molecular complexity index is 1370. The first-order valence-corrected chi connectivity index (χ1v) is 12.8. The van der Waals surface area contributed by atoms with Gasteiger partial charge in [-0.05, 0) is 81.0 Å². The number of nitrogens with zero attached hydrogens (tertiary/aromatic N) is 2. The smallest absolute Gasteiger partial charge is 0.324 e. The molecule has 1 saturated heterocycles. The number of hydrogen-bond acceptors (Lipinski definition) is 6. The van der Waals surface area contributed by atoms with Crippen LogP contribution in [0.25, 0.3) is 10.9 Å². The van der Waals surface area contributed by atoms with Crippen molar-refractivity contribution in [1.82, 2.24) is 9.29 Å². The summed E-state index contributed by atoms with van der Waals surface area (Å²) >= 11 is 0. The third kappa shape index (κ3) is 4.28. The van der Waals surface area contributed by atoms with E-state index in [4.69, 9.17) is 9.47 Å². The van der Waals surface area contributed by atoms with Crippen LogP contribution in [-0.4, -0.2) is 43.4 Å². The molecule has 7 nitrogen and oxygen atoms in total. The number of ether oxygens (including phenoxy) is 2. The number of benzene rings is 2. The minimum Gasteiger partial charge on any atom is -0.487 e. The number of carbonyl (C=O) groups excluding carboxylic acids is 1. The molecule has 0 saturated carbocycles. The summed E-state index contributed by atoms with van der Waals surface area (Å²) in [6.07, 6.45) is 1.08. The van der Waals surface area contributed by atoms with Gasteiger partial charge in [-0.3, -0.25) is 4.79 Å². The minimum absolute atomic E-state index is 0.190. The molecule has 2 heterocycles. The maximum Gasteiger partial charge on any atom is 0.324 e. The Labute approximate surface area is 200 Å². The fraction of sp³-hybridized carbons (Fsp3) is 0.385. The van der Waals surface area contributed by atoms with E-state index >= 15 is 0 Å². The predicted octanol–water partition coefficient (Wildman–Crippen LogP) is 4.37. The topological polar surface area (TPSA) is 85.8 Å². The number of pyridine rings is 1. The van der Waals surface area contributed by atoms with Crippen molar-refractivity contribution < 1.29 is 22.7 Å². The van der Waals surface area contributed by atoms with E-state index in [1.807, 2.05) is 45.0 Å². The molecule has 0 radical (unpaired) electrons. The van der Waals surface area contributed by atoms with Crippen LogP contribution in [0.3, 0.4) is 0 Å². The van der Waals surface area contributed by atoms with Crippen LogP contribution in [0, 0.1) is 27.7 Å². The van der Waals surface area contributed by atoms with E-state index in [0.29, 0.717) is 30.7 Å². The van der Waals surface area contributed by atoms with Crippen molar-refractivity contribution >= 4 is 26.9 Å². The highest BCUT2D eigenvalue weighted by Crippen LogP contribution is 2.32. The van der Waals surface area contributed by atoms with Crippen LogP contribution in [0.2, 0.25) is 0 Å². The number of carbonyl (C=O) groups is 1. The maximum atomic E-state index is 13.5. The number of fused-ring (bicyclic) bond motifs is 1. The molecule has 0 N–H and O–H groups in total. The van der Waals surface area contributed by atoms with E-state index in [2.05, 4.69) is 4.98 Å². The van der Waals surface area contributed by atoms with E-state index in [-0.39, 0.29) is 11.5 Å². The van der Waals surface area contributed by atoms with Gasteiger partial charge in [-0.1, -0.05) is 18.2 Å². The number of hydrogen-bond donors (Lipinski definition) is 0. The molecule has 1 aliphatic rings. The zero-order valence-corrected chi connectivity index (χ0v) is 21.0. The summed E-state index contributed by atoms with van der Waals surface area (Å²) in [6.45, 7) is 8.22. The van der Waals surface area contributed by atoms with E-state index in [1.54, 1.807) is 19.1 Å². The van der Waals surface area contributed by atoms with Crippen LogP contribution in [0.1, 0.15) is 40.8 Å². The van der Waals surface area contributed by atoms with Crippen molar-refractivity contribution in [3.05, 3.63) is 64.3 Å². The van der Waals surface area contributed by atoms with Crippen molar-refractivity contribution in [2.75, 3.05) is 13.7 Å². The van der Waals surface area contributed by atoms with E-state index < -0.39 is 22.0 Å². The Kier molecular flexibility index (Phi) is 6.64. The Morgan fingerprint density at radius 3 is 2.62 bits per heavy atom. The Morgan fingerprint density at radius 2 is 1.88 bits per heavy atom. The summed E-state index contributed by atoms with van der Waals surface area (Å²) in [5.74, 6) is 0.130. The standard InChI is InChI=1S/C26H30N2O5S/c1-16-11-12-24(34(30,31)28-13-7-9-22(28)26(29)32-5)19(4)21(16)15-33-23-10-6-8-20-17(2)14-18(3)27-25(20)23/h6,8,10-12,14,22H,7,9,13,15H2,1-5H3/t22-/m0/s1. The van der Waals surface area contributed by atoms with Gasteiger partial charge >= 0.3 is 5.97 Å². The third-order valence-corrected chi connectivity index (χ3v) is 8.61. The Morgan fingerprint density at radius 1 is 1.12 bits per heavy atom. The van der Waals surface area contributed by atoms with Crippen molar-refractivity contribution in [3.8, 4) is 5.75 Å². The van der Waals surface area contributed by atoms with Crippen LogP contribution < -0.4 is 4.74 Å². The van der Waals surface area contributed by atoms with Crippen LogP contribution in [0.5, 0.6) is 5.75 Å². The summed E-state index contributed by atoms with van der Waals surface area (Å²) in [5, 5.41) is 1.02. The van der Waals surface area contributed by atoms with Gasteiger partial charge in [0, 0.05) is 17.6 Å². The average Bonchev–Trinajstić information content (AvgIpc) is 3.29. The van der Waals surface area contributed by atoms with E-state index in [1.165, 1.54) is 11.4 Å². The fourth-order valence-corrected chi connectivity index (χ4v) is 6.62. The molecule has 0 unspecified atom stereocenters. The molecule has 0 aliphatic carbocycles. The van der Waals surface area contributed by atoms with Crippen LogP contribution in [0.15, 0.2) is 41.3 Å². The molecule has 0 spiro atoms. The van der Waals surface area contributed by atoms with Crippen LogP contribution in [0.4, 0.5) is 0 Å². The highest BCUT2D eigenvalue weighted by atomic mass is 32.2. The summed E-state index contributed by atoms with van der Waals surface area (Å²) in [4.78, 5) is 17.0. The number of aryl methyl sites for hydroxylation is 3. The molecular weight excluding hydrogens is 452 g/mol. The monoisotopic (exact) mass is 482 g/mol. The molecule has 34 heavy (non-hydrogen) atoms. The zero-order valence-electron chi connectivity index (χ0n) is 20.2. The quantitative estimate of drug-likeness (QED) is 0.485. The molecular formula is C26H30N2O5S. The average molecular weight is 483 g/mol.